The van der Waals surface area contributed by atoms with Crippen LogP contribution in [0.4, 0.5) is 0 Å². The van der Waals surface area contributed by atoms with E-state index in [-0.39, 0.29) is 11.7 Å². The number of nitrogens with zero attached hydrogens (tertiary/aromatic N) is 2. The number of methoxy groups -OCH3 is 1. The molecule has 3 rings (SSSR count). The fourth-order valence-corrected chi connectivity index (χ4v) is 2.18. The van der Waals surface area contributed by atoms with Crippen molar-refractivity contribution in [1.29, 1.82) is 0 Å². The molecule has 0 aliphatic rings. The number of carbonyl (C=O) groups excluding carboxylic acids is 1. The number of aryl methyl sites for hydroxylation is 1. The summed E-state index contributed by atoms with van der Waals surface area (Å²) in [6.45, 7) is 4.19. The summed E-state index contributed by atoms with van der Waals surface area (Å²) in [5, 5.41) is 7.32. The Kier molecular flexibility index (Phi) is 3.54. The van der Waals surface area contributed by atoms with E-state index in [0.29, 0.717) is 17.9 Å². The van der Waals surface area contributed by atoms with Crippen molar-refractivity contribution < 1.29 is 18.5 Å². The first-order valence-corrected chi connectivity index (χ1v) is 6.83. The molecule has 0 unspecified atom stereocenters. The van der Waals surface area contributed by atoms with Crippen LogP contribution in [-0.2, 0) is 0 Å². The van der Waals surface area contributed by atoms with E-state index in [0.717, 1.165) is 16.7 Å². The molecule has 0 fully saturated rings. The van der Waals surface area contributed by atoms with Crippen LogP contribution in [0.2, 0.25) is 0 Å². The molecule has 7 heteroatoms. The normalized spacial score (nSPS) is 10.9. The number of rotatable bonds is 4. The maximum absolute atomic E-state index is 11.7. The largest absolute Gasteiger partial charge is 0.497 e. The molecule has 1 amide bonds. The summed E-state index contributed by atoms with van der Waals surface area (Å²) in [5.74, 6) is 0.960. The number of furan rings is 1. The third kappa shape index (κ3) is 2.30. The summed E-state index contributed by atoms with van der Waals surface area (Å²) in [5.41, 5.74) is 1.55. The lowest BCUT2D eigenvalue weighted by Crippen LogP contribution is -2.22. The first kappa shape index (κ1) is 14.1. The second-order valence-electron chi connectivity index (χ2n) is 4.70. The number of amides is 1. The Morgan fingerprint density at radius 3 is 2.95 bits per heavy atom. The van der Waals surface area contributed by atoms with Crippen LogP contribution in [0.25, 0.3) is 22.6 Å². The van der Waals surface area contributed by atoms with Crippen molar-refractivity contribution in [2.75, 3.05) is 13.7 Å². The summed E-state index contributed by atoms with van der Waals surface area (Å²) in [6.07, 6.45) is 0. The summed E-state index contributed by atoms with van der Waals surface area (Å²) in [6, 6.07) is 5.50. The second kappa shape index (κ2) is 5.51. The van der Waals surface area contributed by atoms with Gasteiger partial charge in [-0.2, -0.15) is 4.98 Å². The minimum Gasteiger partial charge on any atom is -0.497 e. The smallest absolute Gasteiger partial charge is 0.316 e. The molecule has 0 bridgehead atoms. The van der Waals surface area contributed by atoms with E-state index >= 15 is 0 Å². The lowest BCUT2D eigenvalue weighted by atomic mass is 10.1. The molecule has 0 saturated carbocycles. The van der Waals surface area contributed by atoms with Crippen molar-refractivity contribution in [3.8, 4) is 17.3 Å². The minimum absolute atomic E-state index is 0.0886. The van der Waals surface area contributed by atoms with Crippen LogP contribution < -0.4 is 10.1 Å². The molecule has 0 aliphatic heterocycles. The molecule has 0 spiro atoms. The molecule has 3 aromatic rings. The van der Waals surface area contributed by atoms with Crippen molar-refractivity contribution in [3.63, 3.8) is 0 Å². The fourth-order valence-electron chi connectivity index (χ4n) is 2.18. The molecule has 0 aliphatic carbocycles. The quantitative estimate of drug-likeness (QED) is 0.796. The van der Waals surface area contributed by atoms with Gasteiger partial charge in [-0.25, -0.2) is 0 Å². The van der Waals surface area contributed by atoms with E-state index in [1.165, 1.54) is 0 Å². The highest BCUT2D eigenvalue weighted by molar-refractivity contribution is 5.90. The zero-order valence-corrected chi connectivity index (χ0v) is 12.5. The number of carbonyl (C=O) groups is 1. The van der Waals surface area contributed by atoms with Gasteiger partial charge in [0.15, 0.2) is 5.76 Å². The maximum Gasteiger partial charge on any atom is 0.316 e. The number of aromatic nitrogens is 2. The summed E-state index contributed by atoms with van der Waals surface area (Å²) >= 11 is 0. The highest BCUT2D eigenvalue weighted by atomic mass is 16.5. The number of fused-ring (bicyclic) bond motifs is 1. The van der Waals surface area contributed by atoms with Gasteiger partial charge in [-0.05, 0) is 32.0 Å². The summed E-state index contributed by atoms with van der Waals surface area (Å²) < 4.78 is 15.9. The number of ether oxygens (including phenoxy) is 1. The Hall–Kier alpha value is -2.83. The Morgan fingerprint density at radius 1 is 1.41 bits per heavy atom. The molecule has 0 radical (unpaired) electrons. The predicted molar refractivity (Wildman–Crippen MR) is 78.8 cm³/mol. The van der Waals surface area contributed by atoms with Crippen LogP contribution >= 0.6 is 0 Å². The maximum atomic E-state index is 11.7. The Morgan fingerprint density at radius 2 is 2.23 bits per heavy atom. The summed E-state index contributed by atoms with van der Waals surface area (Å²) in [4.78, 5) is 15.8. The zero-order valence-electron chi connectivity index (χ0n) is 12.5. The average Bonchev–Trinajstić information content (AvgIpc) is 3.12. The number of hydrogen-bond acceptors (Lipinski definition) is 6. The van der Waals surface area contributed by atoms with Crippen molar-refractivity contribution in [2.24, 2.45) is 0 Å². The van der Waals surface area contributed by atoms with Gasteiger partial charge in [0.05, 0.1) is 7.11 Å². The predicted octanol–water partition coefficient (Wildman–Crippen LogP) is 2.55. The van der Waals surface area contributed by atoms with E-state index in [1.54, 1.807) is 7.11 Å². The minimum atomic E-state index is -0.406. The molecule has 1 aromatic carbocycles. The lowest BCUT2D eigenvalue weighted by Gasteiger charge is -1.97. The van der Waals surface area contributed by atoms with Gasteiger partial charge in [0.25, 0.3) is 0 Å². The van der Waals surface area contributed by atoms with E-state index in [9.17, 15) is 4.79 Å². The van der Waals surface area contributed by atoms with Crippen molar-refractivity contribution >= 4 is 16.9 Å². The fraction of sp³-hybridized carbons (Fsp3) is 0.267. The number of nitrogens with one attached hydrogen (secondary N) is 1. The monoisotopic (exact) mass is 301 g/mol. The van der Waals surface area contributed by atoms with Gasteiger partial charge in [-0.1, -0.05) is 5.16 Å². The molecular formula is C15H15N3O4. The molecule has 22 heavy (non-hydrogen) atoms. The molecule has 0 atom stereocenters. The van der Waals surface area contributed by atoms with Gasteiger partial charge >= 0.3 is 11.8 Å². The summed E-state index contributed by atoms with van der Waals surface area (Å²) in [7, 11) is 1.61. The molecular weight excluding hydrogens is 286 g/mol. The van der Waals surface area contributed by atoms with Crippen molar-refractivity contribution in [3.05, 3.63) is 29.7 Å². The number of benzene rings is 1. The van der Waals surface area contributed by atoms with Crippen LogP contribution in [0.5, 0.6) is 5.75 Å². The van der Waals surface area contributed by atoms with Crippen LogP contribution in [0.15, 0.2) is 27.1 Å². The third-order valence-corrected chi connectivity index (χ3v) is 3.30. The van der Waals surface area contributed by atoms with Crippen LogP contribution in [0, 0.1) is 6.92 Å². The van der Waals surface area contributed by atoms with Gasteiger partial charge in [-0.15, -0.1) is 0 Å². The van der Waals surface area contributed by atoms with Gasteiger partial charge < -0.3 is 19.0 Å². The standard InChI is InChI=1S/C15H15N3O4/c1-4-16-14(19)15-17-13(18-22-15)12-8(2)10-7-9(20-3)5-6-11(10)21-12/h5-7H,4H2,1-3H3,(H,16,19). The average molecular weight is 301 g/mol. The molecule has 2 heterocycles. The topological polar surface area (TPSA) is 90.4 Å². The van der Waals surface area contributed by atoms with Gasteiger partial charge in [-0.3, -0.25) is 4.79 Å². The van der Waals surface area contributed by atoms with E-state index < -0.39 is 5.91 Å². The Balaban J connectivity index is 2.03. The van der Waals surface area contributed by atoms with Crippen LogP contribution in [0.1, 0.15) is 23.2 Å². The second-order valence-corrected chi connectivity index (χ2v) is 4.70. The molecule has 0 saturated heterocycles. The van der Waals surface area contributed by atoms with Gasteiger partial charge in [0.1, 0.15) is 11.3 Å². The zero-order chi connectivity index (χ0) is 15.7. The number of hydrogen-bond donors (Lipinski definition) is 1. The first-order chi connectivity index (χ1) is 10.6. The molecule has 114 valence electrons. The first-order valence-electron chi connectivity index (χ1n) is 6.83. The van der Waals surface area contributed by atoms with Crippen molar-refractivity contribution in [2.45, 2.75) is 13.8 Å². The van der Waals surface area contributed by atoms with Crippen LogP contribution in [0.3, 0.4) is 0 Å². The lowest BCUT2D eigenvalue weighted by molar-refractivity contribution is 0.0912. The Bertz CT molecular complexity index is 835. The van der Waals surface area contributed by atoms with Crippen molar-refractivity contribution in [1.82, 2.24) is 15.5 Å². The highest BCUT2D eigenvalue weighted by Crippen LogP contribution is 2.33. The Labute approximate surface area is 126 Å². The van der Waals surface area contributed by atoms with E-state index in [1.807, 2.05) is 32.0 Å². The molecule has 1 N–H and O–H groups in total. The van der Waals surface area contributed by atoms with E-state index in [2.05, 4.69) is 15.5 Å². The SMILES string of the molecule is CCNC(=O)c1nc(-c2oc3ccc(OC)cc3c2C)no1. The van der Waals surface area contributed by atoms with Crippen LogP contribution in [-0.4, -0.2) is 29.7 Å². The highest BCUT2D eigenvalue weighted by Gasteiger charge is 2.21. The van der Waals surface area contributed by atoms with Gasteiger partial charge in [0.2, 0.25) is 5.82 Å². The molecule has 2 aromatic heterocycles. The van der Waals surface area contributed by atoms with E-state index in [4.69, 9.17) is 13.7 Å². The molecule has 7 nitrogen and oxygen atoms in total. The van der Waals surface area contributed by atoms with Gasteiger partial charge in [0, 0.05) is 17.5 Å². The third-order valence-electron chi connectivity index (χ3n) is 3.30.